The number of nitrogens with two attached hydrogens (primary N) is 1. The zero-order valence-electron chi connectivity index (χ0n) is 8.76. The summed E-state index contributed by atoms with van der Waals surface area (Å²) in [5.74, 6) is -0.494. The van der Waals surface area contributed by atoms with Gasteiger partial charge in [0.15, 0.2) is 6.79 Å². The molecule has 1 aromatic rings. The van der Waals surface area contributed by atoms with Gasteiger partial charge in [-0.05, 0) is 17.7 Å². The highest BCUT2D eigenvalue weighted by Crippen LogP contribution is 2.17. The first-order valence-electron chi connectivity index (χ1n) is 4.67. The van der Waals surface area contributed by atoms with Crippen molar-refractivity contribution in [1.29, 1.82) is 0 Å². The standard InChI is InChI=1S/C10H11F4NO2/c11-8-1-7(4-15)2-9(3-8)17-6-16-5-10(12,13)14/h1-3H,4-6,15H2. The molecule has 0 heterocycles. The summed E-state index contributed by atoms with van der Waals surface area (Å²) < 4.78 is 57.1. The molecule has 0 atom stereocenters. The van der Waals surface area contributed by atoms with Gasteiger partial charge >= 0.3 is 6.18 Å². The Hall–Kier alpha value is -1.34. The van der Waals surface area contributed by atoms with E-state index in [9.17, 15) is 17.6 Å². The van der Waals surface area contributed by atoms with Crippen LogP contribution < -0.4 is 10.5 Å². The van der Waals surface area contributed by atoms with E-state index >= 15 is 0 Å². The predicted octanol–water partition coefficient (Wildman–Crippen LogP) is 2.20. The summed E-state index contributed by atoms with van der Waals surface area (Å²) in [5.41, 5.74) is 5.78. The fourth-order valence-corrected chi connectivity index (χ4v) is 1.09. The summed E-state index contributed by atoms with van der Waals surface area (Å²) in [4.78, 5) is 0. The maximum absolute atomic E-state index is 13.0. The summed E-state index contributed by atoms with van der Waals surface area (Å²) in [5, 5.41) is 0. The zero-order valence-corrected chi connectivity index (χ0v) is 8.76. The van der Waals surface area contributed by atoms with Gasteiger partial charge < -0.3 is 15.2 Å². The molecule has 0 bridgehead atoms. The molecule has 0 radical (unpaired) electrons. The molecule has 7 heteroatoms. The van der Waals surface area contributed by atoms with Crippen molar-refractivity contribution >= 4 is 0 Å². The SMILES string of the molecule is NCc1cc(F)cc(OCOCC(F)(F)F)c1. The van der Waals surface area contributed by atoms with Crippen LogP contribution in [0.1, 0.15) is 5.56 Å². The minimum atomic E-state index is -4.41. The van der Waals surface area contributed by atoms with Gasteiger partial charge in [0.1, 0.15) is 18.2 Å². The maximum Gasteiger partial charge on any atom is 0.411 e. The predicted molar refractivity (Wildman–Crippen MR) is 51.8 cm³/mol. The first-order chi connectivity index (χ1) is 7.90. The van der Waals surface area contributed by atoms with Crippen molar-refractivity contribution in [2.24, 2.45) is 5.73 Å². The highest BCUT2D eigenvalue weighted by atomic mass is 19.4. The third-order valence-corrected chi connectivity index (χ3v) is 1.74. The van der Waals surface area contributed by atoms with Gasteiger partial charge in [0.2, 0.25) is 0 Å². The first kappa shape index (κ1) is 13.7. The van der Waals surface area contributed by atoms with E-state index in [1.54, 1.807) is 0 Å². The Kier molecular flexibility index (Phi) is 4.71. The molecular formula is C10H11F4NO2. The van der Waals surface area contributed by atoms with Crippen LogP contribution in [-0.4, -0.2) is 19.6 Å². The molecule has 0 aromatic heterocycles. The average molecular weight is 253 g/mol. The Labute approximate surface area is 95.1 Å². The number of ether oxygens (including phenoxy) is 2. The maximum atomic E-state index is 13.0. The van der Waals surface area contributed by atoms with Crippen LogP contribution >= 0.6 is 0 Å². The molecule has 2 N–H and O–H groups in total. The van der Waals surface area contributed by atoms with E-state index in [0.717, 1.165) is 6.07 Å². The summed E-state index contributed by atoms with van der Waals surface area (Å²) in [7, 11) is 0. The Bertz CT molecular complexity index is 368. The second-order valence-corrected chi connectivity index (χ2v) is 3.23. The highest BCUT2D eigenvalue weighted by molar-refractivity contribution is 5.29. The second kappa shape index (κ2) is 5.83. The molecule has 0 unspecified atom stereocenters. The minimum absolute atomic E-state index is 0.0765. The van der Waals surface area contributed by atoms with Crippen molar-refractivity contribution in [3.63, 3.8) is 0 Å². The van der Waals surface area contributed by atoms with E-state index in [-0.39, 0.29) is 12.3 Å². The van der Waals surface area contributed by atoms with Gasteiger partial charge in [-0.3, -0.25) is 0 Å². The minimum Gasteiger partial charge on any atom is -0.467 e. The summed E-state index contributed by atoms with van der Waals surface area (Å²) >= 11 is 0. The smallest absolute Gasteiger partial charge is 0.411 e. The highest BCUT2D eigenvalue weighted by Gasteiger charge is 2.27. The number of alkyl halides is 3. The van der Waals surface area contributed by atoms with Crippen molar-refractivity contribution in [2.75, 3.05) is 13.4 Å². The van der Waals surface area contributed by atoms with Crippen LogP contribution in [0.4, 0.5) is 17.6 Å². The second-order valence-electron chi connectivity index (χ2n) is 3.23. The van der Waals surface area contributed by atoms with Gasteiger partial charge in [-0.1, -0.05) is 0 Å². The van der Waals surface area contributed by atoms with Crippen LogP contribution in [0, 0.1) is 5.82 Å². The largest absolute Gasteiger partial charge is 0.467 e. The molecule has 0 saturated carbocycles. The van der Waals surface area contributed by atoms with E-state index < -0.39 is 25.4 Å². The lowest BCUT2D eigenvalue weighted by atomic mass is 10.2. The van der Waals surface area contributed by atoms with Crippen molar-refractivity contribution in [3.8, 4) is 5.75 Å². The van der Waals surface area contributed by atoms with Crippen LogP contribution in [0.2, 0.25) is 0 Å². The Balaban J connectivity index is 2.44. The Morgan fingerprint density at radius 2 is 1.88 bits per heavy atom. The summed E-state index contributed by atoms with van der Waals surface area (Å²) in [6.45, 7) is -1.91. The van der Waals surface area contributed by atoms with Crippen molar-refractivity contribution < 1.29 is 27.0 Å². The van der Waals surface area contributed by atoms with E-state index in [1.165, 1.54) is 12.1 Å². The lowest BCUT2D eigenvalue weighted by Gasteiger charge is -2.10. The molecule has 3 nitrogen and oxygen atoms in total. The van der Waals surface area contributed by atoms with E-state index in [4.69, 9.17) is 10.5 Å². The van der Waals surface area contributed by atoms with Crippen LogP contribution in [0.15, 0.2) is 18.2 Å². The van der Waals surface area contributed by atoms with E-state index in [1.807, 2.05) is 0 Å². The third kappa shape index (κ3) is 5.50. The first-order valence-corrected chi connectivity index (χ1v) is 4.67. The fraction of sp³-hybridized carbons (Fsp3) is 0.400. The number of hydrogen-bond acceptors (Lipinski definition) is 3. The number of rotatable bonds is 5. The van der Waals surface area contributed by atoms with Crippen molar-refractivity contribution in [1.82, 2.24) is 0 Å². The molecular weight excluding hydrogens is 242 g/mol. The topological polar surface area (TPSA) is 44.5 Å². The molecule has 0 saturated heterocycles. The van der Waals surface area contributed by atoms with Crippen LogP contribution in [0.3, 0.4) is 0 Å². The normalized spacial score (nSPS) is 11.6. The molecule has 17 heavy (non-hydrogen) atoms. The van der Waals surface area contributed by atoms with Gasteiger partial charge in [0, 0.05) is 12.6 Å². The molecule has 0 aliphatic rings. The van der Waals surface area contributed by atoms with Crippen LogP contribution in [0.5, 0.6) is 5.75 Å². The van der Waals surface area contributed by atoms with Gasteiger partial charge in [-0.2, -0.15) is 13.2 Å². The lowest BCUT2D eigenvalue weighted by molar-refractivity contribution is -0.186. The number of halogens is 4. The molecule has 0 aliphatic carbocycles. The van der Waals surface area contributed by atoms with Crippen molar-refractivity contribution in [2.45, 2.75) is 12.7 Å². The zero-order chi connectivity index (χ0) is 12.9. The summed E-state index contributed by atoms with van der Waals surface area (Å²) in [6.07, 6.45) is -4.41. The number of benzene rings is 1. The molecule has 1 aromatic carbocycles. The monoisotopic (exact) mass is 253 g/mol. The quantitative estimate of drug-likeness (QED) is 0.497. The molecule has 0 spiro atoms. The van der Waals surface area contributed by atoms with Crippen LogP contribution in [-0.2, 0) is 11.3 Å². The van der Waals surface area contributed by atoms with Gasteiger partial charge in [0.25, 0.3) is 0 Å². The van der Waals surface area contributed by atoms with Crippen molar-refractivity contribution in [3.05, 3.63) is 29.6 Å². The van der Waals surface area contributed by atoms with Gasteiger partial charge in [-0.25, -0.2) is 4.39 Å². The average Bonchev–Trinajstić information content (AvgIpc) is 2.22. The fourth-order valence-electron chi connectivity index (χ4n) is 1.09. The Morgan fingerprint density at radius 1 is 1.18 bits per heavy atom. The molecule has 96 valence electrons. The Morgan fingerprint density at radius 3 is 2.47 bits per heavy atom. The van der Waals surface area contributed by atoms with E-state index in [2.05, 4.69) is 4.74 Å². The molecule has 0 fully saturated rings. The lowest BCUT2D eigenvalue weighted by Crippen LogP contribution is -2.19. The summed E-state index contributed by atoms with van der Waals surface area (Å²) in [6, 6.07) is 3.68. The van der Waals surface area contributed by atoms with E-state index in [0.29, 0.717) is 5.56 Å². The molecule has 1 rings (SSSR count). The van der Waals surface area contributed by atoms with Gasteiger partial charge in [0.05, 0.1) is 0 Å². The van der Waals surface area contributed by atoms with Crippen LogP contribution in [0.25, 0.3) is 0 Å². The van der Waals surface area contributed by atoms with Gasteiger partial charge in [-0.15, -0.1) is 0 Å². The number of hydrogen-bond donors (Lipinski definition) is 1. The third-order valence-electron chi connectivity index (χ3n) is 1.74. The molecule has 0 amide bonds. The molecule has 0 aliphatic heterocycles.